The largest absolute Gasteiger partial charge is 0.444 e. The number of pyridine rings is 1. The van der Waals surface area contributed by atoms with E-state index in [0.29, 0.717) is 31.0 Å². The van der Waals surface area contributed by atoms with E-state index in [1.807, 2.05) is 30.3 Å². The normalized spacial score (nSPS) is 13.5. The van der Waals surface area contributed by atoms with Crippen molar-refractivity contribution in [3.63, 3.8) is 0 Å². The highest BCUT2D eigenvalue weighted by molar-refractivity contribution is 6.05. The molecule has 1 aromatic heterocycles. The van der Waals surface area contributed by atoms with Gasteiger partial charge in [0.15, 0.2) is 0 Å². The maximum Gasteiger partial charge on any atom is 0.412 e. The third-order valence-electron chi connectivity index (χ3n) is 7.07. The van der Waals surface area contributed by atoms with Crippen molar-refractivity contribution >= 4 is 29.4 Å². The van der Waals surface area contributed by atoms with E-state index in [4.69, 9.17) is 9.47 Å². The van der Waals surface area contributed by atoms with E-state index < -0.39 is 17.6 Å². The van der Waals surface area contributed by atoms with Crippen LogP contribution in [0.5, 0.6) is 0 Å². The number of hydrogen-bond acceptors (Lipinski definition) is 7. The van der Waals surface area contributed by atoms with Crippen molar-refractivity contribution in [2.24, 2.45) is 0 Å². The molecule has 0 spiro atoms. The molecule has 0 aliphatic carbocycles. The van der Waals surface area contributed by atoms with E-state index >= 15 is 0 Å². The second kappa shape index (κ2) is 16.6. The molecule has 3 N–H and O–H groups in total. The van der Waals surface area contributed by atoms with Crippen LogP contribution in [-0.4, -0.2) is 84.4 Å². The molecule has 2 heterocycles. The van der Waals surface area contributed by atoms with E-state index in [-0.39, 0.29) is 11.7 Å². The molecule has 0 bridgehead atoms. The van der Waals surface area contributed by atoms with Crippen molar-refractivity contribution in [1.29, 1.82) is 0 Å². The minimum Gasteiger partial charge on any atom is -0.444 e. The number of urea groups is 1. The fourth-order valence-corrected chi connectivity index (χ4v) is 4.81. The predicted octanol–water partition coefficient (Wildman–Crippen LogP) is 5.16. The second-order valence-electron chi connectivity index (χ2n) is 11.9. The van der Waals surface area contributed by atoms with Crippen molar-refractivity contribution in [3.8, 4) is 0 Å². The van der Waals surface area contributed by atoms with E-state index in [2.05, 4.69) is 25.8 Å². The summed E-state index contributed by atoms with van der Waals surface area (Å²) >= 11 is 0. The average molecular weight is 617 g/mol. The van der Waals surface area contributed by atoms with Gasteiger partial charge in [0.25, 0.3) is 5.91 Å². The lowest BCUT2D eigenvalue weighted by Crippen LogP contribution is -2.42. The standard InChI is InChI=1S/C34H44N6O5/c1-34(2,3)45-33(43)38-29-13-8-7-12-28(29)37-31(41)30-15-14-27(24-36-30)25-40(19-9-18-39-20-22-44-23-21-39)32(42)35-17-16-26-10-5-4-6-11-26/h4-8,10-15,24H,9,16-23,25H2,1-3H3,(H,35,42)(H,37,41)(H,38,43). The Kier molecular flexibility index (Phi) is 12.3. The van der Waals surface area contributed by atoms with E-state index in [0.717, 1.165) is 56.8 Å². The zero-order chi connectivity index (χ0) is 32.1. The molecule has 1 aliphatic rings. The summed E-state index contributed by atoms with van der Waals surface area (Å²) in [7, 11) is 0. The van der Waals surface area contributed by atoms with Crippen LogP contribution in [-0.2, 0) is 22.4 Å². The fourth-order valence-electron chi connectivity index (χ4n) is 4.81. The Labute approximate surface area is 265 Å². The molecule has 4 rings (SSSR count). The number of amides is 4. The number of nitrogens with zero attached hydrogens (tertiary/aromatic N) is 3. The van der Waals surface area contributed by atoms with Crippen molar-refractivity contribution in [1.82, 2.24) is 20.1 Å². The van der Waals surface area contributed by atoms with Gasteiger partial charge >= 0.3 is 12.1 Å². The Hall–Kier alpha value is -4.48. The van der Waals surface area contributed by atoms with E-state index in [9.17, 15) is 14.4 Å². The van der Waals surface area contributed by atoms with Crippen molar-refractivity contribution in [3.05, 3.63) is 89.7 Å². The maximum absolute atomic E-state index is 13.2. The van der Waals surface area contributed by atoms with Crippen molar-refractivity contribution < 1.29 is 23.9 Å². The van der Waals surface area contributed by atoms with Gasteiger partial charge in [-0.05, 0) is 62.9 Å². The number of anilines is 2. The molecule has 240 valence electrons. The summed E-state index contributed by atoms with van der Waals surface area (Å²) in [6.07, 6.45) is 2.57. The van der Waals surface area contributed by atoms with Crippen LogP contribution in [0.1, 0.15) is 48.8 Å². The van der Waals surface area contributed by atoms with Crippen molar-refractivity contribution in [2.75, 3.05) is 56.6 Å². The lowest BCUT2D eigenvalue weighted by Gasteiger charge is -2.28. The fraction of sp³-hybridized carbons (Fsp3) is 0.412. The van der Waals surface area contributed by atoms with Gasteiger partial charge in [0.05, 0.1) is 24.6 Å². The first-order chi connectivity index (χ1) is 21.7. The number of hydrogen-bond donors (Lipinski definition) is 3. The number of nitrogens with one attached hydrogen (secondary N) is 3. The molecular formula is C34H44N6O5. The molecule has 1 saturated heterocycles. The molecule has 1 fully saturated rings. The summed E-state index contributed by atoms with van der Waals surface area (Å²) in [6.45, 7) is 11.0. The molecular weight excluding hydrogens is 572 g/mol. The zero-order valence-corrected chi connectivity index (χ0v) is 26.4. The quantitative estimate of drug-likeness (QED) is 0.257. The molecule has 0 saturated carbocycles. The molecule has 2 aromatic carbocycles. The third-order valence-corrected chi connectivity index (χ3v) is 7.07. The molecule has 0 radical (unpaired) electrons. The smallest absolute Gasteiger partial charge is 0.412 e. The molecule has 11 nitrogen and oxygen atoms in total. The van der Waals surface area contributed by atoms with Gasteiger partial charge in [-0.3, -0.25) is 20.0 Å². The third kappa shape index (κ3) is 11.5. The number of benzene rings is 2. The Bertz CT molecular complexity index is 1390. The van der Waals surface area contributed by atoms with Crippen LogP contribution >= 0.6 is 0 Å². The molecule has 1 aliphatic heterocycles. The number of aromatic nitrogens is 1. The number of carbonyl (C=O) groups excluding carboxylic acids is 3. The SMILES string of the molecule is CC(C)(C)OC(=O)Nc1ccccc1NC(=O)c1ccc(CN(CCCN2CCOCC2)C(=O)NCCc2ccccc2)cn1. The zero-order valence-electron chi connectivity index (χ0n) is 26.4. The summed E-state index contributed by atoms with van der Waals surface area (Å²) in [5.41, 5.74) is 2.34. The summed E-state index contributed by atoms with van der Waals surface area (Å²) in [5, 5.41) is 8.54. The molecule has 0 unspecified atom stereocenters. The highest BCUT2D eigenvalue weighted by Crippen LogP contribution is 2.23. The van der Waals surface area contributed by atoms with Gasteiger partial charge in [-0.25, -0.2) is 9.59 Å². The topological polar surface area (TPSA) is 125 Å². The van der Waals surface area contributed by atoms with Crippen LogP contribution in [0.15, 0.2) is 72.9 Å². The van der Waals surface area contributed by atoms with E-state index in [1.165, 1.54) is 0 Å². The van der Waals surface area contributed by atoms with E-state index in [1.54, 1.807) is 68.3 Å². The Morgan fingerprint density at radius 1 is 0.911 bits per heavy atom. The number of morpholine rings is 1. The molecule has 4 amide bonds. The van der Waals surface area contributed by atoms with Crippen LogP contribution in [0.25, 0.3) is 0 Å². The van der Waals surface area contributed by atoms with Crippen LogP contribution < -0.4 is 16.0 Å². The lowest BCUT2D eigenvalue weighted by atomic mass is 10.1. The lowest BCUT2D eigenvalue weighted by molar-refractivity contribution is 0.0364. The van der Waals surface area contributed by atoms with Crippen molar-refractivity contribution in [2.45, 2.75) is 45.8 Å². The van der Waals surface area contributed by atoms with Gasteiger partial charge in [-0.2, -0.15) is 0 Å². The Morgan fingerprint density at radius 3 is 2.27 bits per heavy atom. The highest BCUT2D eigenvalue weighted by atomic mass is 16.6. The predicted molar refractivity (Wildman–Crippen MR) is 174 cm³/mol. The van der Waals surface area contributed by atoms with Gasteiger partial charge in [0.2, 0.25) is 0 Å². The summed E-state index contributed by atoms with van der Waals surface area (Å²) < 4.78 is 10.8. The first-order valence-electron chi connectivity index (χ1n) is 15.4. The first-order valence-corrected chi connectivity index (χ1v) is 15.4. The van der Waals surface area contributed by atoms with Crippen LogP contribution in [0.2, 0.25) is 0 Å². The monoisotopic (exact) mass is 616 g/mol. The van der Waals surface area contributed by atoms with Crippen LogP contribution in [0, 0.1) is 0 Å². The first kappa shape index (κ1) is 33.4. The van der Waals surface area contributed by atoms with Gasteiger partial charge in [0, 0.05) is 45.5 Å². The van der Waals surface area contributed by atoms with Gasteiger partial charge in [-0.1, -0.05) is 48.5 Å². The van der Waals surface area contributed by atoms with Crippen LogP contribution in [0.4, 0.5) is 21.0 Å². The second-order valence-corrected chi connectivity index (χ2v) is 11.9. The number of rotatable bonds is 12. The molecule has 3 aromatic rings. The van der Waals surface area contributed by atoms with Gasteiger partial charge in [0.1, 0.15) is 11.3 Å². The minimum atomic E-state index is -0.658. The Morgan fingerprint density at radius 2 is 1.60 bits per heavy atom. The van der Waals surface area contributed by atoms with Crippen LogP contribution in [0.3, 0.4) is 0 Å². The van der Waals surface area contributed by atoms with Gasteiger partial charge < -0.3 is 25.0 Å². The molecule has 11 heteroatoms. The Balaban J connectivity index is 1.36. The minimum absolute atomic E-state index is 0.135. The molecule has 45 heavy (non-hydrogen) atoms. The summed E-state index contributed by atoms with van der Waals surface area (Å²) in [5.74, 6) is -0.430. The average Bonchev–Trinajstić information content (AvgIpc) is 3.02. The summed E-state index contributed by atoms with van der Waals surface area (Å²) in [4.78, 5) is 47.1. The number of ether oxygens (including phenoxy) is 2. The maximum atomic E-state index is 13.2. The van der Waals surface area contributed by atoms with Gasteiger partial charge in [-0.15, -0.1) is 0 Å². The number of para-hydroxylation sites is 2. The number of carbonyl (C=O) groups is 3. The molecule has 0 atom stereocenters. The summed E-state index contributed by atoms with van der Waals surface area (Å²) in [6, 6.07) is 20.2. The highest BCUT2D eigenvalue weighted by Gasteiger charge is 2.19.